The van der Waals surface area contributed by atoms with Crippen molar-refractivity contribution in [2.75, 3.05) is 0 Å². The van der Waals surface area contributed by atoms with Crippen LogP contribution in [-0.2, 0) is 0 Å². The van der Waals surface area contributed by atoms with Crippen LogP contribution >= 0.6 is 11.6 Å². The van der Waals surface area contributed by atoms with Gasteiger partial charge in [-0.05, 0) is 24.5 Å². The molecule has 66 valence electrons. The van der Waals surface area contributed by atoms with E-state index in [1.807, 2.05) is 13.8 Å². The van der Waals surface area contributed by atoms with Crippen molar-refractivity contribution in [3.63, 3.8) is 0 Å². The molecule has 0 aliphatic carbocycles. The molecule has 0 aliphatic heterocycles. The van der Waals surface area contributed by atoms with Crippen LogP contribution in [0.25, 0.3) is 0 Å². The van der Waals surface area contributed by atoms with Gasteiger partial charge in [-0.1, -0.05) is 31.5 Å². The summed E-state index contributed by atoms with van der Waals surface area (Å²) in [7, 11) is 0. The van der Waals surface area contributed by atoms with Crippen molar-refractivity contribution in [3.05, 3.63) is 34.6 Å². The maximum Gasteiger partial charge on any atom is 0.128 e. The van der Waals surface area contributed by atoms with E-state index < -0.39 is 0 Å². The third-order valence-electron chi connectivity index (χ3n) is 2.10. The first kappa shape index (κ1) is 9.53. The van der Waals surface area contributed by atoms with Crippen LogP contribution in [0.15, 0.2) is 18.2 Å². The van der Waals surface area contributed by atoms with Crippen LogP contribution in [0, 0.1) is 5.82 Å². The summed E-state index contributed by atoms with van der Waals surface area (Å²) in [6.45, 7) is 4.00. The van der Waals surface area contributed by atoms with Gasteiger partial charge in [0.1, 0.15) is 5.82 Å². The molecule has 0 aromatic heterocycles. The predicted molar refractivity (Wildman–Crippen MR) is 50.1 cm³/mol. The van der Waals surface area contributed by atoms with Gasteiger partial charge in [0.15, 0.2) is 0 Å². The van der Waals surface area contributed by atoms with Crippen LogP contribution < -0.4 is 0 Å². The molecule has 1 aromatic carbocycles. The van der Waals surface area contributed by atoms with E-state index in [1.54, 1.807) is 12.1 Å². The largest absolute Gasteiger partial charge is 0.207 e. The summed E-state index contributed by atoms with van der Waals surface area (Å²) in [5.74, 6) is -0.00412. The van der Waals surface area contributed by atoms with E-state index in [-0.39, 0.29) is 11.7 Å². The Balaban J connectivity index is 3.12. The van der Waals surface area contributed by atoms with Gasteiger partial charge in [0.05, 0.1) is 0 Å². The zero-order valence-corrected chi connectivity index (χ0v) is 8.03. The molecule has 1 unspecified atom stereocenters. The second-order valence-corrected chi connectivity index (χ2v) is 3.35. The molecule has 2 heteroatoms. The maximum absolute atomic E-state index is 13.2. The Morgan fingerprint density at radius 3 is 2.67 bits per heavy atom. The third kappa shape index (κ3) is 1.78. The second-order valence-electron chi connectivity index (χ2n) is 2.94. The number of halogens is 2. The van der Waals surface area contributed by atoms with Gasteiger partial charge in [0, 0.05) is 10.6 Å². The third-order valence-corrected chi connectivity index (χ3v) is 2.43. The summed E-state index contributed by atoms with van der Waals surface area (Å²) in [5.41, 5.74) is 0.640. The molecule has 1 atom stereocenters. The highest BCUT2D eigenvalue weighted by molar-refractivity contribution is 6.31. The van der Waals surface area contributed by atoms with Crippen molar-refractivity contribution in [2.24, 2.45) is 0 Å². The monoisotopic (exact) mass is 186 g/mol. The molecule has 0 fully saturated rings. The molecule has 0 bridgehead atoms. The lowest BCUT2D eigenvalue weighted by Crippen LogP contribution is -1.96. The minimum Gasteiger partial charge on any atom is -0.207 e. The van der Waals surface area contributed by atoms with Crippen molar-refractivity contribution in [3.8, 4) is 0 Å². The molecule has 0 heterocycles. The number of hydrogen-bond donors (Lipinski definition) is 0. The number of hydrogen-bond acceptors (Lipinski definition) is 0. The lowest BCUT2D eigenvalue weighted by Gasteiger charge is -2.11. The molecule has 0 saturated heterocycles. The SMILES string of the molecule is CCC(C)c1c(F)cccc1Cl. The van der Waals surface area contributed by atoms with E-state index in [9.17, 15) is 4.39 Å². The first-order valence-electron chi connectivity index (χ1n) is 4.10. The highest BCUT2D eigenvalue weighted by Gasteiger charge is 2.12. The summed E-state index contributed by atoms with van der Waals surface area (Å²) in [6.07, 6.45) is 0.903. The molecule has 12 heavy (non-hydrogen) atoms. The lowest BCUT2D eigenvalue weighted by molar-refractivity contribution is 0.584. The van der Waals surface area contributed by atoms with Crippen molar-refractivity contribution >= 4 is 11.6 Å². The van der Waals surface area contributed by atoms with Crippen molar-refractivity contribution in [1.29, 1.82) is 0 Å². The fourth-order valence-electron chi connectivity index (χ4n) is 1.19. The van der Waals surface area contributed by atoms with Gasteiger partial charge >= 0.3 is 0 Å². The molecule has 0 radical (unpaired) electrons. The molecule has 0 nitrogen and oxygen atoms in total. The Labute approximate surface area is 77.4 Å². The maximum atomic E-state index is 13.2. The highest BCUT2D eigenvalue weighted by atomic mass is 35.5. The molecule has 0 spiro atoms. The zero-order valence-electron chi connectivity index (χ0n) is 7.27. The molecule has 0 aliphatic rings. The van der Waals surface area contributed by atoms with Crippen LogP contribution in [0.1, 0.15) is 31.7 Å². The topological polar surface area (TPSA) is 0 Å². The predicted octanol–water partition coefficient (Wildman–Crippen LogP) is 3.99. The highest BCUT2D eigenvalue weighted by Crippen LogP contribution is 2.28. The van der Waals surface area contributed by atoms with Gasteiger partial charge < -0.3 is 0 Å². The Morgan fingerprint density at radius 1 is 1.50 bits per heavy atom. The minimum atomic E-state index is -0.197. The smallest absolute Gasteiger partial charge is 0.128 e. The summed E-state index contributed by atoms with van der Waals surface area (Å²) >= 11 is 5.86. The second kappa shape index (κ2) is 3.90. The molecular weight excluding hydrogens is 175 g/mol. The summed E-state index contributed by atoms with van der Waals surface area (Å²) < 4.78 is 13.2. The summed E-state index contributed by atoms with van der Waals surface area (Å²) in [4.78, 5) is 0. The molecular formula is C10H12ClF. The standard InChI is InChI=1S/C10H12ClF/c1-3-7(2)10-8(11)5-4-6-9(10)12/h4-7H,3H2,1-2H3. The van der Waals surface area contributed by atoms with E-state index in [4.69, 9.17) is 11.6 Å². The normalized spacial score (nSPS) is 13.0. The van der Waals surface area contributed by atoms with E-state index >= 15 is 0 Å². The lowest BCUT2D eigenvalue weighted by atomic mass is 9.98. The van der Waals surface area contributed by atoms with E-state index in [0.29, 0.717) is 10.6 Å². The van der Waals surface area contributed by atoms with Crippen LogP contribution in [0.4, 0.5) is 4.39 Å². The van der Waals surface area contributed by atoms with Crippen LogP contribution in [0.2, 0.25) is 5.02 Å². The minimum absolute atomic E-state index is 0.193. The molecule has 0 saturated carbocycles. The fourth-order valence-corrected chi connectivity index (χ4v) is 1.53. The Morgan fingerprint density at radius 2 is 2.17 bits per heavy atom. The molecule has 1 rings (SSSR count). The number of rotatable bonds is 2. The van der Waals surface area contributed by atoms with Crippen molar-refractivity contribution < 1.29 is 4.39 Å². The van der Waals surface area contributed by atoms with Crippen molar-refractivity contribution in [2.45, 2.75) is 26.2 Å². The Bertz CT molecular complexity index is 250. The van der Waals surface area contributed by atoms with Gasteiger partial charge in [-0.2, -0.15) is 0 Å². The van der Waals surface area contributed by atoms with Crippen molar-refractivity contribution in [1.82, 2.24) is 0 Å². The fraction of sp³-hybridized carbons (Fsp3) is 0.400. The van der Waals surface area contributed by atoms with Gasteiger partial charge in [-0.3, -0.25) is 0 Å². The zero-order chi connectivity index (χ0) is 9.14. The van der Waals surface area contributed by atoms with E-state index in [2.05, 4.69) is 0 Å². The first-order valence-corrected chi connectivity index (χ1v) is 4.48. The average Bonchev–Trinajstić information content (AvgIpc) is 2.03. The van der Waals surface area contributed by atoms with E-state index in [1.165, 1.54) is 6.07 Å². The molecule has 0 amide bonds. The summed E-state index contributed by atoms with van der Waals surface area (Å²) in [6, 6.07) is 4.81. The quantitative estimate of drug-likeness (QED) is 0.655. The Hall–Kier alpha value is -0.560. The van der Waals surface area contributed by atoms with Gasteiger partial charge in [0.25, 0.3) is 0 Å². The molecule has 1 aromatic rings. The van der Waals surface area contributed by atoms with Crippen LogP contribution in [0.5, 0.6) is 0 Å². The average molecular weight is 187 g/mol. The molecule has 0 N–H and O–H groups in total. The van der Waals surface area contributed by atoms with Crippen LogP contribution in [-0.4, -0.2) is 0 Å². The van der Waals surface area contributed by atoms with Crippen LogP contribution in [0.3, 0.4) is 0 Å². The van der Waals surface area contributed by atoms with Gasteiger partial charge in [-0.15, -0.1) is 0 Å². The van der Waals surface area contributed by atoms with Gasteiger partial charge in [-0.25, -0.2) is 4.39 Å². The van der Waals surface area contributed by atoms with E-state index in [0.717, 1.165) is 6.42 Å². The number of benzene rings is 1. The summed E-state index contributed by atoms with van der Waals surface area (Å²) in [5, 5.41) is 0.532. The first-order chi connectivity index (χ1) is 5.66. The van der Waals surface area contributed by atoms with Gasteiger partial charge in [0.2, 0.25) is 0 Å². The Kier molecular flexibility index (Phi) is 3.10.